The molecule has 0 radical (unpaired) electrons. The monoisotopic (exact) mass is 459 g/mol. The standard InChI is InChI=1S/C19H25NO12/c21-5-9-11(23)13(25)15(27)18(31-9)29-6-10-12(24)14(26)16-17(30-10)20(19(28)32-16)7-3-1-2-4-8(7)22/h1-4,9-18,21-27H,5-6H2/t9-,10-,11-,12-,13-,14-,15+,16-,17+,18+/m1/s1. The molecule has 4 rings (SSSR count). The van der Waals surface area contributed by atoms with Crippen LogP contribution in [0.1, 0.15) is 0 Å². The van der Waals surface area contributed by atoms with Crippen LogP contribution >= 0.6 is 0 Å². The Morgan fingerprint density at radius 2 is 1.59 bits per heavy atom. The quantitative estimate of drug-likeness (QED) is 0.236. The number of phenols is 1. The first-order valence-corrected chi connectivity index (χ1v) is 9.96. The summed E-state index contributed by atoms with van der Waals surface area (Å²) < 4.78 is 21.5. The molecular weight excluding hydrogens is 434 g/mol. The SMILES string of the molecule is O=C1O[C@@H]2[C@H](O)[C@H](O)[C@@H](CO[C@H]3O[C@H](CO)[C@@H](O)[C@@H](O)[C@@H]3O)O[C@@H]2N1c1ccccc1O. The number of carbonyl (C=O) groups excluding carboxylic acids is 1. The van der Waals surface area contributed by atoms with Crippen LogP contribution in [0, 0.1) is 0 Å². The van der Waals surface area contributed by atoms with Gasteiger partial charge in [0.25, 0.3) is 0 Å². The van der Waals surface area contributed by atoms with Gasteiger partial charge in [-0.15, -0.1) is 0 Å². The molecule has 10 atom stereocenters. The highest BCUT2D eigenvalue weighted by Crippen LogP contribution is 2.38. The first-order chi connectivity index (χ1) is 15.2. The lowest BCUT2D eigenvalue weighted by atomic mass is 9.97. The Bertz CT molecular complexity index is 823. The Morgan fingerprint density at radius 1 is 0.906 bits per heavy atom. The third kappa shape index (κ3) is 3.91. The summed E-state index contributed by atoms with van der Waals surface area (Å²) in [6.45, 7) is -1.11. The zero-order valence-corrected chi connectivity index (χ0v) is 16.6. The predicted octanol–water partition coefficient (Wildman–Crippen LogP) is -3.02. The van der Waals surface area contributed by atoms with Gasteiger partial charge in [0.1, 0.15) is 48.5 Å². The predicted molar refractivity (Wildman–Crippen MR) is 101 cm³/mol. The molecule has 3 aliphatic rings. The van der Waals surface area contributed by atoms with Crippen LogP contribution in [0.3, 0.4) is 0 Å². The highest BCUT2D eigenvalue weighted by atomic mass is 16.7. The van der Waals surface area contributed by atoms with Crippen LogP contribution in [-0.4, -0.2) is 116 Å². The number of ether oxygens (including phenoxy) is 4. The number of benzene rings is 1. The average molecular weight is 459 g/mol. The second-order valence-corrected chi connectivity index (χ2v) is 7.78. The number of fused-ring (bicyclic) bond motifs is 1. The third-order valence-corrected chi connectivity index (χ3v) is 5.77. The molecule has 1 aromatic rings. The van der Waals surface area contributed by atoms with Crippen molar-refractivity contribution in [3.05, 3.63) is 24.3 Å². The molecule has 7 N–H and O–H groups in total. The largest absolute Gasteiger partial charge is 0.506 e. The van der Waals surface area contributed by atoms with E-state index < -0.39 is 80.7 Å². The smallest absolute Gasteiger partial charge is 0.417 e. The van der Waals surface area contributed by atoms with E-state index in [1.54, 1.807) is 12.1 Å². The van der Waals surface area contributed by atoms with Gasteiger partial charge < -0.3 is 54.7 Å². The maximum absolute atomic E-state index is 12.4. The number of rotatable bonds is 5. The molecule has 0 bridgehead atoms. The summed E-state index contributed by atoms with van der Waals surface area (Å²) in [7, 11) is 0. The van der Waals surface area contributed by atoms with Gasteiger partial charge in [-0.2, -0.15) is 0 Å². The Balaban J connectivity index is 1.49. The minimum absolute atomic E-state index is 0.0715. The number of phenolic OH excluding ortho intramolecular Hbond substituents is 1. The molecule has 13 heteroatoms. The van der Waals surface area contributed by atoms with Crippen molar-refractivity contribution < 1.29 is 59.5 Å². The second kappa shape index (κ2) is 9.05. The molecule has 1 aromatic carbocycles. The van der Waals surface area contributed by atoms with Gasteiger partial charge >= 0.3 is 6.09 Å². The minimum atomic E-state index is -1.67. The van der Waals surface area contributed by atoms with Crippen LogP contribution in [0.4, 0.5) is 10.5 Å². The van der Waals surface area contributed by atoms with Crippen molar-refractivity contribution in [1.29, 1.82) is 0 Å². The summed E-state index contributed by atoms with van der Waals surface area (Å²) in [6.07, 6.45) is -15.3. The van der Waals surface area contributed by atoms with Crippen molar-refractivity contribution in [2.45, 2.75) is 61.3 Å². The molecule has 3 fully saturated rings. The average Bonchev–Trinajstić information content (AvgIpc) is 3.11. The fourth-order valence-electron chi connectivity index (χ4n) is 3.97. The lowest BCUT2D eigenvalue weighted by molar-refractivity contribution is -0.312. The molecule has 3 saturated heterocycles. The minimum Gasteiger partial charge on any atom is -0.506 e. The molecule has 3 heterocycles. The number of para-hydroxylation sites is 2. The molecule has 1 amide bonds. The molecule has 13 nitrogen and oxygen atoms in total. The van der Waals surface area contributed by atoms with Gasteiger partial charge in [-0.05, 0) is 12.1 Å². The highest BCUT2D eigenvalue weighted by molar-refractivity contribution is 5.92. The van der Waals surface area contributed by atoms with E-state index in [4.69, 9.17) is 18.9 Å². The Kier molecular flexibility index (Phi) is 6.53. The van der Waals surface area contributed by atoms with Gasteiger partial charge in [0.05, 0.1) is 18.9 Å². The van der Waals surface area contributed by atoms with Gasteiger partial charge in [-0.1, -0.05) is 12.1 Å². The van der Waals surface area contributed by atoms with Crippen LogP contribution < -0.4 is 4.90 Å². The number of aliphatic hydroxyl groups is 6. The summed E-state index contributed by atoms with van der Waals surface area (Å²) in [5.41, 5.74) is 0.0715. The first-order valence-electron chi connectivity index (χ1n) is 9.96. The Hall–Kier alpha value is -2.07. The zero-order valence-electron chi connectivity index (χ0n) is 16.6. The molecule has 32 heavy (non-hydrogen) atoms. The van der Waals surface area contributed by atoms with Crippen LogP contribution in [0.15, 0.2) is 24.3 Å². The summed E-state index contributed by atoms with van der Waals surface area (Å²) in [6, 6.07) is 5.92. The molecule has 0 unspecified atom stereocenters. The summed E-state index contributed by atoms with van der Waals surface area (Å²) in [5, 5.41) is 70.0. The summed E-state index contributed by atoms with van der Waals surface area (Å²) in [4.78, 5) is 13.4. The van der Waals surface area contributed by atoms with Crippen molar-refractivity contribution in [2.75, 3.05) is 18.1 Å². The van der Waals surface area contributed by atoms with Crippen molar-refractivity contribution >= 4 is 11.8 Å². The van der Waals surface area contributed by atoms with Crippen molar-refractivity contribution in [3.8, 4) is 5.75 Å². The number of amides is 1. The zero-order chi connectivity index (χ0) is 23.2. The fourth-order valence-corrected chi connectivity index (χ4v) is 3.97. The molecule has 0 spiro atoms. The van der Waals surface area contributed by atoms with Crippen LogP contribution in [0.5, 0.6) is 5.75 Å². The van der Waals surface area contributed by atoms with E-state index in [-0.39, 0.29) is 11.4 Å². The number of carbonyl (C=O) groups is 1. The number of nitrogens with zero attached hydrogens (tertiary/aromatic N) is 1. The van der Waals surface area contributed by atoms with Crippen molar-refractivity contribution in [1.82, 2.24) is 0 Å². The topological polar surface area (TPSA) is 199 Å². The summed E-state index contributed by atoms with van der Waals surface area (Å²) >= 11 is 0. The van der Waals surface area contributed by atoms with Crippen LogP contribution in [-0.2, 0) is 18.9 Å². The molecule has 178 valence electrons. The van der Waals surface area contributed by atoms with Gasteiger partial charge in [0, 0.05) is 0 Å². The van der Waals surface area contributed by atoms with Crippen LogP contribution in [0.25, 0.3) is 0 Å². The van der Waals surface area contributed by atoms with E-state index >= 15 is 0 Å². The number of hydrogen-bond donors (Lipinski definition) is 7. The summed E-state index contributed by atoms with van der Waals surface area (Å²) in [5.74, 6) is -0.233. The number of aromatic hydroxyl groups is 1. The number of aliphatic hydroxyl groups excluding tert-OH is 6. The van der Waals surface area contributed by atoms with Crippen molar-refractivity contribution in [2.24, 2.45) is 0 Å². The van der Waals surface area contributed by atoms with E-state index in [1.807, 2.05) is 0 Å². The Morgan fingerprint density at radius 3 is 2.28 bits per heavy atom. The number of anilines is 1. The maximum Gasteiger partial charge on any atom is 0.417 e. The van der Waals surface area contributed by atoms with Gasteiger partial charge in [0.2, 0.25) is 0 Å². The van der Waals surface area contributed by atoms with E-state index in [9.17, 15) is 40.5 Å². The van der Waals surface area contributed by atoms with Gasteiger partial charge in [-0.25, -0.2) is 9.69 Å². The lowest BCUT2D eigenvalue weighted by Crippen LogP contribution is -2.62. The molecule has 0 saturated carbocycles. The van der Waals surface area contributed by atoms with Crippen LogP contribution in [0.2, 0.25) is 0 Å². The molecular formula is C19H25NO12. The highest BCUT2D eigenvalue weighted by Gasteiger charge is 2.56. The van der Waals surface area contributed by atoms with Crippen molar-refractivity contribution in [3.63, 3.8) is 0 Å². The third-order valence-electron chi connectivity index (χ3n) is 5.77. The first kappa shape index (κ1) is 23.1. The molecule has 0 aliphatic carbocycles. The molecule has 0 aromatic heterocycles. The van der Waals surface area contributed by atoms with E-state index in [0.29, 0.717) is 0 Å². The van der Waals surface area contributed by atoms with Gasteiger partial charge in [0.15, 0.2) is 18.6 Å². The number of hydrogen-bond acceptors (Lipinski definition) is 12. The second-order valence-electron chi connectivity index (χ2n) is 7.78. The Labute approximate surface area is 181 Å². The normalized spacial score (nSPS) is 41.9. The molecule has 3 aliphatic heterocycles. The van der Waals surface area contributed by atoms with Gasteiger partial charge in [-0.3, -0.25) is 0 Å². The lowest BCUT2D eigenvalue weighted by Gasteiger charge is -2.42. The maximum atomic E-state index is 12.4. The van der Waals surface area contributed by atoms with E-state index in [1.165, 1.54) is 12.1 Å². The fraction of sp³-hybridized carbons (Fsp3) is 0.632. The van der Waals surface area contributed by atoms with E-state index in [0.717, 1.165) is 4.90 Å². The van der Waals surface area contributed by atoms with E-state index in [2.05, 4.69) is 0 Å².